The molecule has 0 aliphatic carbocycles. The van der Waals surface area contributed by atoms with Crippen molar-refractivity contribution in [2.45, 2.75) is 19.4 Å². The Balaban J connectivity index is 1.46. The van der Waals surface area contributed by atoms with E-state index in [9.17, 15) is 18.4 Å². The number of halogens is 2. The average molecular weight is 407 g/mol. The van der Waals surface area contributed by atoms with Gasteiger partial charge >= 0.3 is 0 Å². The van der Waals surface area contributed by atoms with Crippen molar-refractivity contribution in [3.63, 3.8) is 0 Å². The quantitative estimate of drug-likeness (QED) is 0.631. The van der Waals surface area contributed by atoms with Gasteiger partial charge in [0.05, 0.1) is 12.1 Å². The van der Waals surface area contributed by atoms with Gasteiger partial charge in [0, 0.05) is 12.0 Å². The molecule has 0 bridgehead atoms. The fourth-order valence-corrected chi connectivity index (χ4v) is 3.62. The minimum Gasteiger partial charge on any atom is -0.488 e. The molecule has 1 aliphatic heterocycles. The molecule has 1 N–H and O–H groups in total. The molecule has 0 fully saturated rings. The van der Waals surface area contributed by atoms with E-state index in [1.807, 2.05) is 36.4 Å². The molecule has 4 rings (SSSR count). The Kier molecular flexibility index (Phi) is 5.31. The Morgan fingerprint density at radius 1 is 1.03 bits per heavy atom. The molecule has 1 atom stereocenters. The second-order valence-corrected chi connectivity index (χ2v) is 7.20. The van der Waals surface area contributed by atoms with Gasteiger partial charge in [-0.3, -0.25) is 9.59 Å². The number of ketones is 1. The number of rotatable bonds is 5. The van der Waals surface area contributed by atoms with Gasteiger partial charge in [0.1, 0.15) is 23.5 Å². The molecular formula is C24H19F2NO3. The van der Waals surface area contributed by atoms with Crippen molar-refractivity contribution < 1.29 is 23.1 Å². The molecule has 0 spiro atoms. The van der Waals surface area contributed by atoms with Crippen molar-refractivity contribution in [3.05, 3.63) is 89.0 Å². The fourth-order valence-electron chi connectivity index (χ4n) is 3.62. The topological polar surface area (TPSA) is 55.4 Å². The van der Waals surface area contributed by atoms with E-state index in [0.717, 1.165) is 34.9 Å². The van der Waals surface area contributed by atoms with E-state index in [2.05, 4.69) is 5.32 Å². The maximum absolute atomic E-state index is 13.7. The first kappa shape index (κ1) is 19.8. The highest BCUT2D eigenvalue weighted by Crippen LogP contribution is 2.34. The number of nitrogens with one attached hydrogen (secondary N) is 1. The highest BCUT2D eigenvalue weighted by molar-refractivity contribution is 6.00. The second kappa shape index (κ2) is 8.06. The normalized spacial score (nSPS) is 14.7. The number of amides is 1. The van der Waals surface area contributed by atoms with E-state index in [0.29, 0.717) is 17.7 Å². The van der Waals surface area contributed by atoms with Gasteiger partial charge in [-0.15, -0.1) is 0 Å². The van der Waals surface area contributed by atoms with Crippen molar-refractivity contribution >= 4 is 11.7 Å². The van der Waals surface area contributed by atoms with Gasteiger partial charge in [-0.1, -0.05) is 30.3 Å². The third-order valence-corrected chi connectivity index (χ3v) is 5.08. The summed E-state index contributed by atoms with van der Waals surface area (Å²) in [6.45, 7) is 1.69. The predicted molar refractivity (Wildman–Crippen MR) is 109 cm³/mol. The van der Waals surface area contributed by atoms with E-state index in [1.54, 1.807) is 6.07 Å². The number of fused-ring (bicyclic) bond motifs is 1. The predicted octanol–water partition coefficient (Wildman–Crippen LogP) is 4.57. The standard InChI is InChI=1S/C24H19F2NO3/c1-14(28)19-4-2-3-5-20(19)15-6-9-23-16(10-15)11-18(30-23)13-27-24(29)21-12-17(25)7-8-22(21)26/h2-10,12,18H,11,13H2,1H3,(H,27,29)/t18-/m0/s1. The average Bonchev–Trinajstić information content (AvgIpc) is 3.15. The molecule has 0 aromatic heterocycles. The molecule has 152 valence electrons. The van der Waals surface area contributed by atoms with Crippen molar-refractivity contribution in [3.8, 4) is 16.9 Å². The monoisotopic (exact) mass is 407 g/mol. The van der Waals surface area contributed by atoms with Crippen LogP contribution in [0.15, 0.2) is 60.7 Å². The summed E-state index contributed by atoms with van der Waals surface area (Å²) in [4.78, 5) is 24.1. The van der Waals surface area contributed by atoms with Crippen LogP contribution in [0.4, 0.5) is 8.78 Å². The van der Waals surface area contributed by atoms with Crippen LogP contribution in [0, 0.1) is 11.6 Å². The van der Waals surface area contributed by atoms with Crippen LogP contribution in [-0.4, -0.2) is 24.3 Å². The molecule has 3 aromatic rings. The van der Waals surface area contributed by atoms with Crippen LogP contribution >= 0.6 is 0 Å². The lowest BCUT2D eigenvalue weighted by molar-refractivity contribution is 0.0928. The molecule has 0 unspecified atom stereocenters. The largest absolute Gasteiger partial charge is 0.488 e. The number of carbonyl (C=O) groups excluding carboxylic acids is 2. The van der Waals surface area contributed by atoms with Crippen LogP contribution in [0.3, 0.4) is 0 Å². The summed E-state index contributed by atoms with van der Waals surface area (Å²) < 4.78 is 32.9. The molecular weight excluding hydrogens is 388 g/mol. The van der Waals surface area contributed by atoms with Crippen molar-refractivity contribution in [2.24, 2.45) is 0 Å². The number of Topliss-reactive ketones (excluding diaryl/α,β-unsaturated/α-hetero) is 1. The molecule has 1 heterocycles. The van der Waals surface area contributed by atoms with Gasteiger partial charge in [0.15, 0.2) is 5.78 Å². The third kappa shape index (κ3) is 3.94. The maximum Gasteiger partial charge on any atom is 0.254 e. The van der Waals surface area contributed by atoms with Gasteiger partial charge in [0.2, 0.25) is 0 Å². The summed E-state index contributed by atoms with van der Waals surface area (Å²) in [5.74, 6) is -1.45. The number of ether oxygens (including phenoxy) is 1. The summed E-state index contributed by atoms with van der Waals surface area (Å²) in [6.07, 6.45) is 0.232. The van der Waals surface area contributed by atoms with Gasteiger partial charge < -0.3 is 10.1 Å². The van der Waals surface area contributed by atoms with Gasteiger partial charge in [-0.2, -0.15) is 0 Å². The Morgan fingerprint density at radius 2 is 1.83 bits per heavy atom. The Morgan fingerprint density at radius 3 is 2.63 bits per heavy atom. The van der Waals surface area contributed by atoms with Crippen LogP contribution in [-0.2, 0) is 6.42 Å². The summed E-state index contributed by atoms with van der Waals surface area (Å²) in [5, 5.41) is 2.60. The Labute approximate surface area is 172 Å². The van der Waals surface area contributed by atoms with Crippen molar-refractivity contribution in [1.82, 2.24) is 5.32 Å². The minimum absolute atomic E-state index is 0.00693. The van der Waals surface area contributed by atoms with Crippen LogP contribution < -0.4 is 10.1 Å². The van der Waals surface area contributed by atoms with Crippen LogP contribution in [0.2, 0.25) is 0 Å². The second-order valence-electron chi connectivity index (χ2n) is 7.20. The molecule has 0 saturated heterocycles. The van der Waals surface area contributed by atoms with E-state index < -0.39 is 17.5 Å². The SMILES string of the molecule is CC(=O)c1ccccc1-c1ccc2c(c1)C[C@@H](CNC(=O)c1cc(F)ccc1F)O2. The zero-order valence-corrected chi connectivity index (χ0v) is 16.2. The molecule has 0 saturated carbocycles. The Bertz CT molecular complexity index is 1140. The summed E-state index contributed by atoms with van der Waals surface area (Å²) in [7, 11) is 0. The molecule has 1 aliphatic rings. The smallest absolute Gasteiger partial charge is 0.254 e. The lowest BCUT2D eigenvalue weighted by Gasteiger charge is -2.12. The first-order valence-electron chi connectivity index (χ1n) is 9.55. The van der Waals surface area contributed by atoms with Gasteiger partial charge in [0.25, 0.3) is 5.91 Å². The number of benzene rings is 3. The minimum atomic E-state index is -0.779. The summed E-state index contributed by atoms with van der Waals surface area (Å²) in [6, 6.07) is 15.9. The maximum atomic E-state index is 13.7. The van der Waals surface area contributed by atoms with Gasteiger partial charge in [-0.05, 0) is 53.9 Å². The van der Waals surface area contributed by atoms with Crippen LogP contribution in [0.1, 0.15) is 33.2 Å². The molecule has 30 heavy (non-hydrogen) atoms. The first-order valence-corrected chi connectivity index (χ1v) is 9.55. The zero-order chi connectivity index (χ0) is 21.3. The summed E-state index contributed by atoms with van der Waals surface area (Å²) >= 11 is 0. The number of hydrogen-bond acceptors (Lipinski definition) is 3. The Hall–Kier alpha value is -3.54. The lowest BCUT2D eigenvalue weighted by Crippen LogP contribution is -2.34. The first-order chi connectivity index (χ1) is 14.4. The van der Waals surface area contributed by atoms with Crippen LogP contribution in [0.25, 0.3) is 11.1 Å². The third-order valence-electron chi connectivity index (χ3n) is 5.08. The molecule has 0 radical (unpaired) electrons. The molecule has 1 amide bonds. The lowest BCUT2D eigenvalue weighted by atomic mass is 9.95. The molecule has 6 heteroatoms. The van der Waals surface area contributed by atoms with Crippen LogP contribution in [0.5, 0.6) is 5.75 Å². The van der Waals surface area contributed by atoms with E-state index >= 15 is 0 Å². The molecule has 3 aromatic carbocycles. The van der Waals surface area contributed by atoms with Crippen molar-refractivity contribution in [1.29, 1.82) is 0 Å². The zero-order valence-electron chi connectivity index (χ0n) is 16.2. The van der Waals surface area contributed by atoms with E-state index in [4.69, 9.17) is 4.74 Å². The highest BCUT2D eigenvalue weighted by atomic mass is 19.1. The number of carbonyl (C=O) groups is 2. The summed E-state index contributed by atoms with van der Waals surface area (Å²) in [5.41, 5.74) is 3.04. The van der Waals surface area contributed by atoms with Gasteiger partial charge in [-0.25, -0.2) is 8.78 Å². The number of hydrogen-bond donors (Lipinski definition) is 1. The fraction of sp³-hybridized carbons (Fsp3) is 0.167. The van der Waals surface area contributed by atoms with Crippen molar-refractivity contribution in [2.75, 3.05) is 6.54 Å². The van der Waals surface area contributed by atoms with E-state index in [-0.39, 0.29) is 24.0 Å². The molecule has 4 nitrogen and oxygen atoms in total. The highest BCUT2D eigenvalue weighted by Gasteiger charge is 2.25. The van der Waals surface area contributed by atoms with E-state index in [1.165, 1.54) is 6.92 Å².